The number of hydrogen-bond donors (Lipinski definition) is 1. The highest BCUT2D eigenvalue weighted by Crippen LogP contribution is 2.44. The van der Waals surface area contributed by atoms with Gasteiger partial charge in [-0.1, -0.05) is 13.3 Å². The van der Waals surface area contributed by atoms with E-state index in [-0.39, 0.29) is 11.3 Å². The van der Waals surface area contributed by atoms with Crippen LogP contribution in [0.1, 0.15) is 39.0 Å². The van der Waals surface area contributed by atoms with Crippen LogP contribution in [0.5, 0.6) is 0 Å². The minimum atomic E-state index is -2.86. The lowest BCUT2D eigenvalue weighted by atomic mass is 10.1. The van der Waals surface area contributed by atoms with E-state index in [1.165, 1.54) is 19.1 Å². The summed E-state index contributed by atoms with van der Waals surface area (Å²) < 4.78 is 23.1. The Balaban J connectivity index is 1.90. The van der Waals surface area contributed by atoms with E-state index in [9.17, 15) is 8.42 Å². The van der Waals surface area contributed by atoms with Crippen LogP contribution in [0.25, 0.3) is 0 Å². The molecule has 2 fully saturated rings. The van der Waals surface area contributed by atoms with Gasteiger partial charge in [0.15, 0.2) is 9.84 Å². The maximum Gasteiger partial charge on any atom is 0.151 e. The lowest BCUT2D eigenvalue weighted by Gasteiger charge is -2.21. The first kappa shape index (κ1) is 11.4. The summed E-state index contributed by atoms with van der Waals surface area (Å²) in [5, 5.41) is 3.32. The standard InChI is InChI=1S/C11H21NO2S/c1-11(6-7-11)8-12-9-4-3-5-10(9)15(2,13)14/h9-10,12H,3-8H2,1-2H3. The fraction of sp³-hybridized carbons (Fsp3) is 1.00. The predicted molar refractivity (Wildman–Crippen MR) is 61.6 cm³/mol. The van der Waals surface area contributed by atoms with Gasteiger partial charge in [0.1, 0.15) is 0 Å². The third-order valence-electron chi connectivity index (χ3n) is 3.90. The van der Waals surface area contributed by atoms with E-state index < -0.39 is 9.84 Å². The largest absolute Gasteiger partial charge is 0.312 e. The van der Waals surface area contributed by atoms with Gasteiger partial charge in [-0.05, 0) is 31.1 Å². The summed E-state index contributed by atoms with van der Waals surface area (Å²) in [6.45, 7) is 3.26. The monoisotopic (exact) mass is 231 g/mol. The van der Waals surface area contributed by atoms with Gasteiger partial charge in [-0.2, -0.15) is 0 Å². The second-order valence-electron chi connectivity index (χ2n) is 5.60. The van der Waals surface area contributed by atoms with E-state index in [1.54, 1.807) is 0 Å². The van der Waals surface area contributed by atoms with Gasteiger partial charge in [0.05, 0.1) is 5.25 Å². The average molecular weight is 231 g/mol. The van der Waals surface area contributed by atoms with Crippen LogP contribution in [-0.2, 0) is 9.84 Å². The summed E-state index contributed by atoms with van der Waals surface area (Å²) in [7, 11) is -2.86. The molecule has 1 N–H and O–H groups in total. The molecule has 0 aromatic carbocycles. The first-order chi connectivity index (χ1) is 6.91. The van der Waals surface area contributed by atoms with Crippen LogP contribution in [0.2, 0.25) is 0 Å². The highest BCUT2D eigenvalue weighted by Gasteiger charge is 2.40. The first-order valence-corrected chi connectivity index (χ1v) is 7.78. The van der Waals surface area contributed by atoms with Crippen LogP contribution in [0.3, 0.4) is 0 Å². The van der Waals surface area contributed by atoms with E-state index in [0.29, 0.717) is 5.41 Å². The molecule has 2 unspecified atom stereocenters. The number of sulfone groups is 1. The van der Waals surface area contributed by atoms with Crippen molar-refractivity contribution in [2.75, 3.05) is 12.8 Å². The van der Waals surface area contributed by atoms with E-state index in [4.69, 9.17) is 0 Å². The third-order valence-corrected chi connectivity index (χ3v) is 5.56. The maximum atomic E-state index is 11.5. The molecular weight excluding hydrogens is 210 g/mol. The van der Waals surface area contributed by atoms with Crippen molar-refractivity contribution in [3.05, 3.63) is 0 Å². The molecule has 0 aromatic rings. The van der Waals surface area contributed by atoms with Gasteiger partial charge < -0.3 is 5.32 Å². The molecule has 0 radical (unpaired) electrons. The Morgan fingerprint density at radius 1 is 1.33 bits per heavy atom. The van der Waals surface area contributed by atoms with Gasteiger partial charge in [-0.15, -0.1) is 0 Å². The lowest BCUT2D eigenvalue weighted by molar-refractivity contribution is 0.434. The minimum Gasteiger partial charge on any atom is -0.312 e. The normalized spacial score (nSPS) is 34.3. The highest BCUT2D eigenvalue weighted by molar-refractivity contribution is 7.91. The van der Waals surface area contributed by atoms with Gasteiger partial charge >= 0.3 is 0 Å². The molecule has 88 valence electrons. The summed E-state index contributed by atoms with van der Waals surface area (Å²) in [5.41, 5.74) is 0.463. The summed E-state index contributed by atoms with van der Waals surface area (Å²) in [5.74, 6) is 0. The number of nitrogens with one attached hydrogen (secondary N) is 1. The predicted octanol–water partition coefficient (Wildman–Crippen LogP) is 1.34. The van der Waals surface area contributed by atoms with Crippen molar-refractivity contribution >= 4 is 9.84 Å². The second kappa shape index (κ2) is 3.74. The second-order valence-corrected chi connectivity index (χ2v) is 7.86. The average Bonchev–Trinajstić information content (AvgIpc) is 2.66. The molecule has 0 spiro atoms. The van der Waals surface area contributed by atoms with Crippen LogP contribution in [0.4, 0.5) is 0 Å². The molecule has 0 saturated heterocycles. The van der Waals surface area contributed by atoms with Crippen molar-refractivity contribution in [2.24, 2.45) is 5.41 Å². The van der Waals surface area contributed by atoms with Gasteiger partial charge in [-0.25, -0.2) is 8.42 Å². The highest BCUT2D eigenvalue weighted by atomic mass is 32.2. The molecule has 0 aromatic heterocycles. The molecular formula is C11H21NO2S. The van der Waals surface area contributed by atoms with Gasteiger partial charge in [0.2, 0.25) is 0 Å². The van der Waals surface area contributed by atoms with Gasteiger partial charge in [-0.3, -0.25) is 0 Å². The van der Waals surface area contributed by atoms with Crippen molar-refractivity contribution in [3.63, 3.8) is 0 Å². The molecule has 0 amide bonds. The molecule has 4 heteroatoms. The zero-order chi connectivity index (χ0) is 11.1. The van der Waals surface area contributed by atoms with E-state index in [2.05, 4.69) is 12.2 Å². The molecule has 2 aliphatic carbocycles. The lowest BCUT2D eigenvalue weighted by Crippen LogP contribution is -2.42. The van der Waals surface area contributed by atoms with Crippen molar-refractivity contribution in [1.82, 2.24) is 5.32 Å². The summed E-state index contributed by atoms with van der Waals surface area (Å²) in [6.07, 6.45) is 6.86. The molecule has 0 aliphatic heterocycles. The Kier molecular flexibility index (Phi) is 2.84. The van der Waals surface area contributed by atoms with Gasteiger partial charge in [0.25, 0.3) is 0 Å². The first-order valence-electron chi connectivity index (χ1n) is 5.83. The van der Waals surface area contributed by atoms with Crippen LogP contribution in [-0.4, -0.2) is 32.5 Å². The van der Waals surface area contributed by atoms with Crippen molar-refractivity contribution in [2.45, 2.75) is 50.3 Å². The van der Waals surface area contributed by atoms with Crippen LogP contribution >= 0.6 is 0 Å². The Morgan fingerprint density at radius 2 is 2.00 bits per heavy atom. The number of rotatable bonds is 4. The Labute approximate surface area is 92.6 Å². The Bertz CT molecular complexity index is 332. The Morgan fingerprint density at radius 3 is 2.53 bits per heavy atom. The van der Waals surface area contributed by atoms with Crippen LogP contribution < -0.4 is 5.32 Å². The van der Waals surface area contributed by atoms with E-state index in [0.717, 1.165) is 25.8 Å². The Hall–Kier alpha value is -0.0900. The molecule has 0 heterocycles. The zero-order valence-corrected chi connectivity index (χ0v) is 10.4. The molecule has 3 nitrogen and oxygen atoms in total. The smallest absolute Gasteiger partial charge is 0.151 e. The summed E-state index contributed by atoms with van der Waals surface area (Å²) in [4.78, 5) is 0. The molecule has 2 rings (SSSR count). The summed E-state index contributed by atoms with van der Waals surface area (Å²) in [6, 6.07) is 0.206. The fourth-order valence-corrected chi connectivity index (χ4v) is 3.86. The topological polar surface area (TPSA) is 46.2 Å². The maximum absolute atomic E-state index is 11.5. The van der Waals surface area contributed by atoms with Crippen molar-refractivity contribution < 1.29 is 8.42 Å². The molecule has 2 saturated carbocycles. The van der Waals surface area contributed by atoms with Crippen LogP contribution in [0.15, 0.2) is 0 Å². The van der Waals surface area contributed by atoms with Crippen molar-refractivity contribution in [3.8, 4) is 0 Å². The van der Waals surface area contributed by atoms with Gasteiger partial charge in [0, 0.05) is 18.8 Å². The SMILES string of the molecule is CC1(CNC2CCCC2S(C)(=O)=O)CC1. The summed E-state index contributed by atoms with van der Waals surface area (Å²) >= 11 is 0. The van der Waals surface area contributed by atoms with E-state index in [1.807, 2.05) is 0 Å². The number of hydrogen-bond acceptors (Lipinski definition) is 3. The molecule has 2 atom stereocenters. The van der Waals surface area contributed by atoms with Crippen LogP contribution in [0, 0.1) is 5.41 Å². The minimum absolute atomic E-state index is 0.139. The fourth-order valence-electron chi connectivity index (χ4n) is 2.44. The zero-order valence-electron chi connectivity index (χ0n) is 9.62. The molecule has 15 heavy (non-hydrogen) atoms. The molecule has 2 aliphatic rings. The van der Waals surface area contributed by atoms with E-state index >= 15 is 0 Å². The third kappa shape index (κ3) is 2.72. The quantitative estimate of drug-likeness (QED) is 0.794. The molecule has 0 bridgehead atoms. The van der Waals surface area contributed by atoms with Crippen molar-refractivity contribution in [1.29, 1.82) is 0 Å².